The Labute approximate surface area is 286 Å². The number of nitrogens with one attached hydrogen (secondary N) is 1. The van der Waals surface area contributed by atoms with Gasteiger partial charge in [0.15, 0.2) is 23.1 Å². The van der Waals surface area contributed by atoms with Crippen molar-refractivity contribution in [3.05, 3.63) is 96.8 Å². The van der Waals surface area contributed by atoms with Crippen molar-refractivity contribution >= 4 is 34.4 Å². The van der Waals surface area contributed by atoms with Crippen LogP contribution < -0.4 is 28.6 Å². The van der Waals surface area contributed by atoms with Gasteiger partial charge in [-0.25, -0.2) is 23.5 Å². The minimum atomic E-state index is -2.66. The molecule has 0 saturated carbocycles. The molecule has 13 nitrogen and oxygen atoms in total. The number of benzene rings is 3. The van der Waals surface area contributed by atoms with Crippen molar-refractivity contribution in [1.29, 1.82) is 0 Å². The molecule has 0 spiro atoms. The molecule has 0 aliphatic carbocycles. The van der Waals surface area contributed by atoms with Crippen molar-refractivity contribution in [3.8, 4) is 40.5 Å². The summed E-state index contributed by atoms with van der Waals surface area (Å²) in [6.07, 6.45) is 2.94. The van der Waals surface area contributed by atoms with E-state index in [2.05, 4.69) is 46.0 Å². The van der Waals surface area contributed by atoms with Crippen LogP contribution in [0.4, 0.5) is 17.2 Å². The maximum absolute atomic E-state index is 13.2. The molecule has 2 heterocycles. The Bertz CT molecular complexity index is 1920. The number of aromatic nitrogens is 4. The van der Waals surface area contributed by atoms with Crippen molar-refractivity contribution in [3.63, 3.8) is 0 Å². The van der Waals surface area contributed by atoms with E-state index in [-0.39, 0.29) is 59.2 Å². The van der Waals surface area contributed by atoms with Crippen molar-refractivity contribution < 1.29 is 32.5 Å². The van der Waals surface area contributed by atoms with Crippen LogP contribution in [-0.4, -0.2) is 55.4 Å². The molecule has 5 aromatic rings. The smallest absolute Gasteiger partial charge is 0.268 e. The van der Waals surface area contributed by atoms with E-state index < -0.39 is 11.3 Å². The normalized spacial score (nSPS) is 11.7. The van der Waals surface area contributed by atoms with E-state index in [1.54, 1.807) is 66.7 Å². The van der Waals surface area contributed by atoms with E-state index in [9.17, 15) is 13.6 Å². The number of para-hydroxylation sites is 4. The second kappa shape index (κ2) is 15.5. The number of carbonyl (C=O) groups is 1. The number of anilines is 3. The lowest BCUT2D eigenvalue weighted by molar-refractivity contribution is -0.116. The number of ether oxygens (including phenoxy) is 4. The van der Waals surface area contributed by atoms with E-state index in [0.29, 0.717) is 22.9 Å². The molecule has 3 aromatic carbocycles. The standard InChI is InChI=1S/C35H36N6O7S/c1-35(2,3)23-15-17-24(18-16-23)41(49(43)44)33-30(48-28-14-9-8-13-27(28)46-5)34(40-32(39-33)31-36-20-10-21-37-31)47-22-19-29(42)38-25-11-6-7-12-26(25)45-4/h6-18,20-21H,19,22H2,1-5H3,(H,38,42)(H,43,44). The predicted molar refractivity (Wildman–Crippen MR) is 186 cm³/mol. The summed E-state index contributed by atoms with van der Waals surface area (Å²) in [5, 5.41) is 2.81. The van der Waals surface area contributed by atoms with Gasteiger partial charge < -0.3 is 24.3 Å². The van der Waals surface area contributed by atoms with Crippen LogP contribution in [0.25, 0.3) is 11.6 Å². The second-order valence-electron chi connectivity index (χ2n) is 11.5. The third-order valence-electron chi connectivity index (χ3n) is 7.13. The average molecular weight is 685 g/mol. The lowest BCUT2D eigenvalue weighted by Gasteiger charge is -2.25. The van der Waals surface area contributed by atoms with Crippen LogP contribution in [0.3, 0.4) is 0 Å². The summed E-state index contributed by atoms with van der Waals surface area (Å²) in [5.41, 5.74) is 1.69. The zero-order chi connectivity index (χ0) is 35.0. The largest absolute Gasteiger partial charge is 0.495 e. The van der Waals surface area contributed by atoms with Gasteiger partial charge in [0.1, 0.15) is 5.75 Å². The first kappa shape index (κ1) is 34.7. The van der Waals surface area contributed by atoms with Gasteiger partial charge in [0, 0.05) is 12.4 Å². The number of amides is 1. The van der Waals surface area contributed by atoms with Gasteiger partial charge in [-0.15, -0.1) is 0 Å². The highest BCUT2D eigenvalue weighted by Gasteiger charge is 2.30. The Morgan fingerprint density at radius 1 is 0.837 bits per heavy atom. The first-order valence-corrected chi connectivity index (χ1v) is 16.2. The molecule has 1 amide bonds. The predicted octanol–water partition coefficient (Wildman–Crippen LogP) is 6.72. The molecule has 2 N–H and O–H groups in total. The molecule has 49 heavy (non-hydrogen) atoms. The summed E-state index contributed by atoms with van der Waals surface area (Å²) >= 11 is -2.66. The van der Waals surface area contributed by atoms with Crippen LogP contribution in [0.1, 0.15) is 32.8 Å². The van der Waals surface area contributed by atoms with Crippen LogP contribution in [0, 0.1) is 0 Å². The highest BCUT2D eigenvalue weighted by atomic mass is 32.2. The third kappa shape index (κ3) is 8.47. The van der Waals surface area contributed by atoms with Crippen LogP contribution in [0.2, 0.25) is 0 Å². The number of hydrogen-bond acceptors (Lipinski definition) is 10. The summed E-state index contributed by atoms with van der Waals surface area (Å²) in [6, 6.07) is 22.7. The molecule has 5 rings (SSSR count). The first-order valence-electron chi connectivity index (χ1n) is 15.2. The molecule has 0 aliphatic heterocycles. The van der Waals surface area contributed by atoms with E-state index in [0.717, 1.165) is 9.87 Å². The first-order chi connectivity index (χ1) is 23.6. The number of nitrogens with zero attached hydrogens (tertiary/aromatic N) is 5. The van der Waals surface area contributed by atoms with Gasteiger partial charge in [-0.05, 0) is 53.4 Å². The number of rotatable bonds is 13. The summed E-state index contributed by atoms with van der Waals surface area (Å²) in [7, 11) is 3.00. The zero-order valence-electron chi connectivity index (χ0n) is 27.6. The SMILES string of the molecule is COc1ccccc1NC(=O)CCOc1nc(-c2ncccn2)nc(N(c2ccc(C(C)(C)C)cc2)S(=O)O)c1Oc1ccccc1OC. The lowest BCUT2D eigenvalue weighted by atomic mass is 9.87. The molecule has 254 valence electrons. The van der Waals surface area contributed by atoms with Crippen molar-refractivity contribution in [2.24, 2.45) is 0 Å². The van der Waals surface area contributed by atoms with Gasteiger partial charge in [0.05, 0.1) is 38.6 Å². The lowest BCUT2D eigenvalue weighted by Crippen LogP contribution is -2.23. The molecule has 0 bridgehead atoms. The van der Waals surface area contributed by atoms with Crippen molar-refractivity contribution in [1.82, 2.24) is 19.9 Å². The fourth-order valence-corrected chi connectivity index (χ4v) is 5.23. The molecule has 1 unspecified atom stereocenters. The molecule has 1 atom stereocenters. The maximum atomic E-state index is 13.2. The van der Waals surface area contributed by atoms with E-state index in [4.69, 9.17) is 18.9 Å². The third-order valence-corrected chi connectivity index (χ3v) is 7.82. The second-order valence-corrected chi connectivity index (χ2v) is 12.3. The Morgan fingerprint density at radius 3 is 2.10 bits per heavy atom. The van der Waals surface area contributed by atoms with Crippen LogP contribution in [0.15, 0.2) is 91.3 Å². The summed E-state index contributed by atoms with van der Waals surface area (Å²) < 4.78 is 48.3. The topological polar surface area (TPSA) is 158 Å². The molecule has 0 radical (unpaired) electrons. The fraction of sp³-hybridized carbons (Fsp3) is 0.229. The molecular weight excluding hydrogens is 648 g/mol. The molecular formula is C35H36N6O7S. The zero-order valence-corrected chi connectivity index (χ0v) is 28.4. The minimum absolute atomic E-state index is 0.0155. The van der Waals surface area contributed by atoms with Gasteiger partial charge in [-0.3, -0.25) is 9.35 Å². The van der Waals surface area contributed by atoms with E-state index in [1.807, 2.05) is 12.1 Å². The van der Waals surface area contributed by atoms with Crippen LogP contribution >= 0.6 is 0 Å². The Kier molecular flexibility index (Phi) is 11.0. The monoisotopic (exact) mass is 684 g/mol. The van der Waals surface area contributed by atoms with Gasteiger partial charge in [-0.1, -0.05) is 57.2 Å². The van der Waals surface area contributed by atoms with Gasteiger partial charge in [-0.2, -0.15) is 4.98 Å². The summed E-state index contributed by atoms with van der Waals surface area (Å²) in [6.45, 7) is 6.05. The van der Waals surface area contributed by atoms with Crippen LogP contribution in [-0.2, 0) is 21.5 Å². The Morgan fingerprint density at radius 2 is 1.47 bits per heavy atom. The molecule has 0 fully saturated rings. The molecule has 14 heteroatoms. The van der Waals surface area contributed by atoms with E-state index >= 15 is 0 Å². The fourth-order valence-electron chi connectivity index (χ4n) is 4.66. The van der Waals surface area contributed by atoms with Crippen molar-refractivity contribution in [2.75, 3.05) is 30.4 Å². The average Bonchev–Trinajstić information content (AvgIpc) is 3.10. The van der Waals surface area contributed by atoms with Gasteiger partial charge in [0.2, 0.25) is 17.5 Å². The highest BCUT2D eigenvalue weighted by Crippen LogP contribution is 2.44. The molecule has 2 aromatic heterocycles. The van der Waals surface area contributed by atoms with E-state index in [1.165, 1.54) is 26.6 Å². The summed E-state index contributed by atoms with van der Waals surface area (Å²) in [5.74, 6) is 0.514. The van der Waals surface area contributed by atoms with Gasteiger partial charge >= 0.3 is 0 Å². The quantitative estimate of drug-likeness (QED) is 0.127. The Balaban J connectivity index is 1.60. The maximum Gasteiger partial charge on any atom is 0.268 e. The van der Waals surface area contributed by atoms with Gasteiger partial charge in [0.25, 0.3) is 17.1 Å². The van der Waals surface area contributed by atoms with Crippen LogP contribution in [0.5, 0.6) is 28.9 Å². The number of carbonyl (C=O) groups excluding carboxylic acids is 1. The van der Waals surface area contributed by atoms with Crippen molar-refractivity contribution in [2.45, 2.75) is 32.6 Å². The molecule has 0 aliphatic rings. The highest BCUT2D eigenvalue weighted by molar-refractivity contribution is 7.81. The number of methoxy groups -OCH3 is 2. The number of hydrogen-bond donors (Lipinski definition) is 2. The summed E-state index contributed by atoms with van der Waals surface area (Å²) in [4.78, 5) is 30.7. The minimum Gasteiger partial charge on any atom is -0.495 e. The Hall–Kier alpha value is -5.60. The molecule has 0 saturated heterocycles.